The first-order chi connectivity index (χ1) is 9.72. The highest BCUT2D eigenvalue weighted by molar-refractivity contribution is 7.10. The first-order valence-corrected chi connectivity index (χ1v) is 7.63. The van der Waals surface area contributed by atoms with Crippen molar-refractivity contribution in [2.75, 3.05) is 18.5 Å². The van der Waals surface area contributed by atoms with Crippen LogP contribution in [0.15, 0.2) is 17.5 Å². The molecule has 2 aromatic heterocycles. The average molecular weight is 291 g/mol. The number of aryl methyl sites for hydroxylation is 1. The lowest BCUT2D eigenvalue weighted by molar-refractivity contribution is 0.0526. The number of hydrogen-bond acceptors (Lipinski definition) is 5. The van der Waals surface area contributed by atoms with Crippen LogP contribution in [-0.4, -0.2) is 28.9 Å². The van der Waals surface area contributed by atoms with Crippen LogP contribution in [0.2, 0.25) is 0 Å². The number of aromatic nitrogens is 2. The molecule has 20 heavy (non-hydrogen) atoms. The third-order valence-electron chi connectivity index (χ3n) is 3.44. The van der Waals surface area contributed by atoms with Gasteiger partial charge in [-0.25, -0.2) is 9.48 Å². The number of rotatable bonds is 3. The molecule has 0 saturated heterocycles. The molecular formula is C14H17N3O2S. The molecule has 3 rings (SSSR count). The Morgan fingerprint density at radius 3 is 3.20 bits per heavy atom. The largest absolute Gasteiger partial charge is 0.462 e. The number of ether oxygens (including phenoxy) is 1. The molecular weight excluding hydrogens is 274 g/mol. The zero-order valence-electron chi connectivity index (χ0n) is 11.5. The minimum atomic E-state index is -0.300. The number of anilines is 1. The molecule has 0 aliphatic carbocycles. The maximum atomic E-state index is 12.1. The van der Waals surface area contributed by atoms with Gasteiger partial charge in [0.15, 0.2) is 0 Å². The van der Waals surface area contributed by atoms with Gasteiger partial charge in [0, 0.05) is 11.4 Å². The van der Waals surface area contributed by atoms with Crippen molar-refractivity contribution in [3.05, 3.63) is 33.6 Å². The minimum absolute atomic E-state index is 0.202. The van der Waals surface area contributed by atoms with Crippen LogP contribution in [0.1, 0.15) is 40.3 Å². The molecule has 6 heteroatoms. The Kier molecular flexibility index (Phi) is 3.48. The standard InChI is InChI=1S/C14H17N3O2S/c1-3-19-14(18)12-9(2)16-17-10(6-7-15-13(12)17)11-5-4-8-20-11/h4-5,8,10,15H,3,6-7H2,1-2H3. The Bertz CT molecular complexity index is 619. The average Bonchev–Trinajstić information content (AvgIpc) is 3.04. The first kappa shape index (κ1) is 13.2. The van der Waals surface area contributed by atoms with E-state index >= 15 is 0 Å². The fourth-order valence-electron chi connectivity index (χ4n) is 2.58. The summed E-state index contributed by atoms with van der Waals surface area (Å²) < 4.78 is 7.06. The van der Waals surface area contributed by atoms with Gasteiger partial charge in [-0.3, -0.25) is 0 Å². The van der Waals surface area contributed by atoms with Crippen LogP contribution < -0.4 is 5.32 Å². The molecule has 0 radical (unpaired) electrons. The van der Waals surface area contributed by atoms with E-state index in [0.717, 1.165) is 24.5 Å². The smallest absolute Gasteiger partial charge is 0.343 e. The number of fused-ring (bicyclic) bond motifs is 1. The number of carbonyl (C=O) groups is 1. The van der Waals surface area contributed by atoms with Crippen molar-refractivity contribution < 1.29 is 9.53 Å². The van der Waals surface area contributed by atoms with Crippen molar-refractivity contribution in [3.63, 3.8) is 0 Å². The predicted molar refractivity (Wildman–Crippen MR) is 78.5 cm³/mol. The Hall–Kier alpha value is -1.82. The predicted octanol–water partition coefficient (Wildman–Crippen LogP) is 2.83. The van der Waals surface area contributed by atoms with Crippen molar-refractivity contribution >= 4 is 23.1 Å². The Balaban J connectivity index is 2.04. The van der Waals surface area contributed by atoms with E-state index in [1.165, 1.54) is 4.88 Å². The summed E-state index contributed by atoms with van der Waals surface area (Å²) in [5, 5.41) is 9.91. The molecule has 106 valence electrons. The van der Waals surface area contributed by atoms with Gasteiger partial charge in [0.1, 0.15) is 11.4 Å². The van der Waals surface area contributed by atoms with Gasteiger partial charge in [0.25, 0.3) is 0 Å². The monoisotopic (exact) mass is 291 g/mol. The zero-order chi connectivity index (χ0) is 14.1. The second-order valence-corrected chi connectivity index (χ2v) is 5.70. The van der Waals surface area contributed by atoms with Gasteiger partial charge >= 0.3 is 5.97 Å². The molecule has 1 N–H and O–H groups in total. The molecule has 0 fully saturated rings. The summed E-state index contributed by atoms with van der Waals surface area (Å²) in [5.74, 6) is 0.483. The molecule has 3 heterocycles. The van der Waals surface area contributed by atoms with Crippen LogP contribution in [0.5, 0.6) is 0 Å². The number of esters is 1. The lowest BCUT2D eigenvalue weighted by atomic mass is 10.1. The molecule has 2 aromatic rings. The van der Waals surface area contributed by atoms with E-state index in [1.807, 2.05) is 24.6 Å². The summed E-state index contributed by atoms with van der Waals surface area (Å²) in [6.45, 7) is 4.87. The maximum absolute atomic E-state index is 12.1. The van der Waals surface area contributed by atoms with Crippen molar-refractivity contribution in [1.82, 2.24) is 9.78 Å². The van der Waals surface area contributed by atoms with Crippen molar-refractivity contribution in [1.29, 1.82) is 0 Å². The molecule has 1 aliphatic rings. The second-order valence-electron chi connectivity index (χ2n) is 4.72. The third-order valence-corrected chi connectivity index (χ3v) is 4.42. The van der Waals surface area contributed by atoms with Gasteiger partial charge in [0.05, 0.1) is 18.3 Å². The highest BCUT2D eigenvalue weighted by atomic mass is 32.1. The van der Waals surface area contributed by atoms with E-state index in [2.05, 4.69) is 21.9 Å². The van der Waals surface area contributed by atoms with Crippen molar-refractivity contribution in [2.45, 2.75) is 26.3 Å². The summed E-state index contributed by atoms with van der Waals surface area (Å²) in [7, 11) is 0. The lowest BCUT2D eigenvalue weighted by Crippen LogP contribution is -2.25. The number of nitrogens with one attached hydrogen (secondary N) is 1. The van der Waals surface area contributed by atoms with Gasteiger partial charge in [0.2, 0.25) is 0 Å². The quantitative estimate of drug-likeness (QED) is 0.884. The topological polar surface area (TPSA) is 56.1 Å². The van der Waals surface area contributed by atoms with Gasteiger partial charge in [-0.1, -0.05) is 6.07 Å². The molecule has 0 amide bonds. The fourth-order valence-corrected chi connectivity index (χ4v) is 3.43. The highest BCUT2D eigenvalue weighted by Gasteiger charge is 2.30. The Morgan fingerprint density at radius 1 is 1.65 bits per heavy atom. The van der Waals surface area contributed by atoms with Crippen LogP contribution >= 0.6 is 11.3 Å². The fraction of sp³-hybridized carbons (Fsp3) is 0.429. The zero-order valence-corrected chi connectivity index (χ0v) is 12.4. The molecule has 0 saturated carbocycles. The molecule has 0 bridgehead atoms. The van der Waals surface area contributed by atoms with Gasteiger partial charge in [-0.2, -0.15) is 5.10 Å². The van der Waals surface area contributed by atoms with E-state index in [1.54, 1.807) is 11.3 Å². The molecule has 5 nitrogen and oxygen atoms in total. The van der Waals surface area contributed by atoms with Crippen LogP contribution in [0, 0.1) is 6.92 Å². The van der Waals surface area contributed by atoms with Gasteiger partial charge < -0.3 is 10.1 Å². The van der Waals surface area contributed by atoms with Crippen LogP contribution in [-0.2, 0) is 4.74 Å². The molecule has 0 aromatic carbocycles. The first-order valence-electron chi connectivity index (χ1n) is 6.76. The van der Waals surface area contributed by atoms with Crippen LogP contribution in [0.3, 0.4) is 0 Å². The third kappa shape index (κ3) is 2.10. The van der Waals surface area contributed by atoms with E-state index < -0.39 is 0 Å². The SMILES string of the molecule is CCOC(=O)c1c(C)nn2c1NCCC2c1cccs1. The van der Waals surface area contributed by atoms with E-state index in [4.69, 9.17) is 4.74 Å². The molecule has 1 aliphatic heterocycles. The minimum Gasteiger partial charge on any atom is -0.462 e. The summed E-state index contributed by atoms with van der Waals surface area (Å²) in [6.07, 6.45) is 0.969. The lowest BCUT2D eigenvalue weighted by Gasteiger charge is -2.25. The van der Waals surface area contributed by atoms with Crippen LogP contribution in [0.4, 0.5) is 5.82 Å². The maximum Gasteiger partial charge on any atom is 0.343 e. The van der Waals surface area contributed by atoms with Crippen molar-refractivity contribution in [2.24, 2.45) is 0 Å². The van der Waals surface area contributed by atoms with Gasteiger partial charge in [-0.05, 0) is 31.7 Å². The number of hydrogen-bond donors (Lipinski definition) is 1. The van der Waals surface area contributed by atoms with E-state index in [0.29, 0.717) is 12.2 Å². The number of carbonyl (C=O) groups excluding carboxylic acids is 1. The molecule has 1 atom stereocenters. The van der Waals surface area contributed by atoms with Crippen LogP contribution in [0.25, 0.3) is 0 Å². The number of thiophene rings is 1. The molecule has 1 unspecified atom stereocenters. The second kappa shape index (κ2) is 5.28. The van der Waals surface area contributed by atoms with E-state index in [9.17, 15) is 4.79 Å². The Labute approximate surface area is 121 Å². The molecule has 0 spiro atoms. The summed E-state index contributed by atoms with van der Waals surface area (Å²) in [6, 6.07) is 4.36. The van der Waals surface area contributed by atoms with Gasteiger partial charge in [-0.15, -0.1) is 11.3 Å². The summed E-state index contributed by atoms with van der Waals surface area (Å²) in [4.78, 5) is 13.3. The summed E-state index contributed by atoms with van der Waals surface area (Å²) >= 11 is 1.72. The number of nitrogens with zero attached hydrogens (tertiary/aromatic N) is 2. The normalized spacial score (nSPS) is 17.4. The van der Waals surface area contributed by atoms with Crippen molar-refractivity contribution in [3.8, 4) is 0 Å². The van der Waals surface area contributed by atoms with E-state index in [-0.39, 0.29) is 12.0 Å². The Morgan fingerprint density at radius 2 is 2.50 bits per heavy atom. The summed E-state index contributed by atoms with van der Waals surface area (Å²) in [5.41, 5.74) is 1.28. The highest BCUT2D eigenvalue weighted by Crippen LogP contribution is 2.34.